The summed E-state index contributed by atoms with van der Waals surface area (Å²) in [7, 11) is 0. The summed E-state index contributed by atoms with van der Waals surface area (Å²) in [5.74, 6) is 0. The van der Waals surface area contributed by atoms with Gasteiger partial charge < -0.3 is 0 Å². The Morgan fingerprint density at radius 3 is 2.37 bits per heavy atom. The summed E-state index contributed by atoms with van der Waals surface area (Å²) in [5.41, 5.74) is 7.10. The summed E-state index contributed by atoms with van der Waals surface area (Å²) >= 11 is -0.295. The third-order valence-corrected chi connectivity index (χ3v) is 6.36. The molecule has 0 amide bonds. The monoisotopic (exact) mass is 431 g/mol. The number of para-hydroxylation sites is 1. The molecule has 4 rings (SSSR count). The normalized spacial score (nSPS) is 12.5. The van der Waals surface area contributed by atoms with Crippen LogP contribution in [-0.4, -0.2) is 0 Å². The first-order chi connectivity index (χ1) is 12.3. The number of benzene rings is 3. The van der Waals surface area contributed by atoms with Gasteiger partial charge in [0.1, 0.15) is 0 Å². The number of allylic oxidation sites excluding steroid dienone is 4. The molecular formula is C23H23Cl2NTi. The van der Waals surface area contributed by atoms with Gasteiger partial charge in [-0.3, -0.25) is 0 Å². The quantitative estimate of drug-likeness (QED) is 0.427. The van der Waals surface area contributed by atoms with Gasteiger partial charge in [-0.2, -0.15) is 0 Å². The van der Waals surface area contributed by atoms with Crippen LogP contribution >= 0.6 is 24.8 Å². The molecule has 0 heterocycles. The number of hydrogen-bond donors (Lipinski definition) is 1. The molecule has 0 unspecified atom stereocenters. The van der Waals surface area contributed by atoms with Gasteiger partial charge in [0, 0.05) is 0 Å². The minimum absolute atomic E-state index is 0. The molecule has 0 aliphatic heterocycles. The van der Waals surface area contributed by atoms with Crippen molar-refractivity contribution in [3.05, 3.63) is 95.6 Å². The Balaban J connectivity index is 0.00000131. The van der Waals surface area contributed by atoms with Crippen LogP contribution in [0.5, 0.6) is 0 Å². The molecule has 0 fully saturated rings. The fourth-order valence-corrected chi connectivity index (χ4v) is 5.09. The van der Waals surface area contributed by atoms with Crippen molar-refractivity contribution >= 4 is 46.8 Å². The van der Waals surface area contributed by atoms with Gasteiger partial charge in [-0.25, -0.2) is 0 Å². The largest absolute Gasteiger partial charge is 0.147 e. The third kappa shape index (κ3) is 4.86. The number of halogens is 2. The Kier molecular flexibility index (Phi) is 8.19. The molecule has 1 aliphatic rings. The molecule has 1 nitrogen and oxygen atoms in total. The average molecular weight is 432 g/mol. The SMILES string of the molecule is CC1=C(c2ccc3ccccc3c2[CH2][Ti][NH]c2ccccc2)CC=C1.Cl.Cl. The van der Waals surface area contributed by atoms with Crippen molar-refractivity contribution in [2.45, 2.75) is 18.1 Å². The molecule has 0 radical (unpaired) electrons. The van der Waals surface area contributed by atoms with Gasteiger partial charge in [0.25, 0.3) is 0 Å². The Labute approximate surface area is 183 Å². The molecule has 4 heteroatoms. The zero-order valence-electron chi connectivity index (χ0n) is 15.2. The number of rotatable bonds is 5. The second kappa shape index (κ2) is 10.2. The van der Waals surface area contributed by atoms with E-state index < -0.39 is 0 Å². The Morgan fingerprint density at radius 1 is 0.889 bits per heavy atom. The maximum absolute atomic E-state index is 3.68. The average Bonchev–Trinajstić information content (AvgIpc) is 3.08. The first-order valence-electron chi connectivity index (χ1n) is 8.74. The van der Waals surface area contributed by atoms with E-state index in [9.17, 15) is 0 Å². The zero-order chi connectivity index (χ0) is 17.1. The zero-order valence-corrected chi connectivity index (χ0v) is 18.4. The van der Waals surface area contributed by atoms with Gasteiger partial charge in [-0.1, -0.05) is 0 Å². The minimum Gasteiger partial charge on any atom is -0.147 e. The van der Waals surface area contributed by atoms with E-state index >= 15 is 0 Å². The molecule has 3 aromatic carbocycles. The molecule has 0 bridgehead atoms. The van der Waals surface area contributed by atoms with E-state index in [1.807, 2.05) is 0 Å². The summed E-state index contributed by atoms with van der Waals surface area (Å²) in [4.78, 5) is 0. The first-order valence-corrected chi connectivity index (χ1v) is 10.6. The molecule has 138 valence electrons. The standard InChI is InChI=1S/C17H15.C6H6N.2ClH.Ti/c1-12-6-5-9-15(12)17-11-10-14-7-3-4-8-16(14)13(17)2;7-6-4-2-1-3-5-6;;;/h3-8,10-11H,2,9H2,1H3;1-5,7H;2*1H;/q;-1;;;+1. The predicted octanol–water partition coefficient (Wildman–Crippen LogP) is 7.03. The van der Waals surface area contributed by atoms with E-state index in [0.29, 0.717) is 0 Å². The van der Waals surface area contributed by atoms with E-state index in [0.717, 1.165) is 11.1 Å². The van der Waals surface area contributed by atoms with Crippen LogP contribution in [0.3, 0.4) is 0 Å². The predicted molar refractivity (Wildman–Crippen MR) is 119 cm³/mol. The maximum atomic E-state index is 3.68. The van der Waals surface area contributed by atoms with Crippen LogP contribution < -0.4 is 3.80 Å². The molecule has 0 spiro atoms. The summed E-state index contributed by atoms with van der Waals surface area (Å²) in [5, 5.41) is 2.75. The molecule has 27 heavy (non-hydrogen) atoms. The molecule has 3 aromatic rings. The Morgan fingerprint density at radius 2 is 1.63 bits per heavy atom. The first kappa shape index (κ1) is 21.8. The topological polar surface area (TPSA) is 12.0 Å². The van der Waals surface area contributed by atoms with Gasteiger partial charge in [0.2, 0.25) is 0 Å². The smallest absolute Gasteiger partial charge is 0.147 e. The van der Waals surface area contributed by atoms with Crippen LogP contribution in [0.2, 0.25) is 0 Å². The van der Waals surface area contributed by atoms with Crippen molar-refractivity contribution in [1.82, 2.24) is 0 Å². The second-order valence-corrected chi connectivity index (χ2v) is 7.92. The molecule has 0 saturated carbocycles. The van der Waals surface area contributed by atoms with Crippen molar-refractivity contribution in [2.75, 3.05) is 3.80 Å². The summed E-state index contributed by atoms with van der Waals surface area (Å²) in [6.45, 7) is 2.23. The number of nitrogens with one attached hydrogen (secondary N) is 1. The van der Waals surface area contributed by atoms with Crippen LogP contribution in [0.4, 0.5) is 5.69 Å². The fraction of sp³-hybridized carbons (Fsp3) is 0.130. The van der Waals surface area contributed by atoms with Gasteiger partial charge in [0.05, 0.1) is 0 Å². The second-order valence-electron chi connectivity index (χ2n) is 6.43. The van der Waals surface area contributed by atoms with E-state index in [-0.39, 0.29) is 44.2 Å². The number of hydrogen-bond acceptors (Lipinski definition) is 1. The fourth-order valence-electron chi connectivity index (χ4n) is 3.50. The Bertz CT molecular complexity index is 965. The number of fused-ring (bicyclic) bond motifs is 1. The molecule has 1 aliphatic carbocycles. The van der Waals surface area contributed by atoms with Crippen LogP contribution in [0, 0.1) is 0 Å². The Hall–Kier alpha value is -1.51. The molecule has 0 saturated heterocycles. The molecule has 1 N–H and O–H groups in total. The van der Waals surface area contributed by atoms with E-state index in [1.165, 1.54) is 38.7 Å². The summed E-state index contributed by atoms with van der Waals surface area (Å²) in [6, 6.07) is 24.0. The number of anilines is 1. The van der Waals surface area contributed by atoms with Crippen LogP contribution in [0.15, 0.2) is 84.5 Å². The van der Waals surface area contributed by atoms with E-state index in [4.69, 9.17) is 0 Å². The summed E-state index contributed by atoms with van der Waals surface area (Å²) in [6.07, 6.45) is 5.60. The third-order valence-electron chi connectivity index (χ3n) is 4.80. The van der Waals surface area contributed by atoms with Crippen LogP contribution in [-0.2, 0) is 24.1 Å². The van der Waals surface area contributed by atoms with Crippen LogP contribution in [0.25, 0.3) is 16.3 Å². The van der Waals surface area contributed by atoms with Crippen molar-refractivity contribution < 1.29 is 19.4 Å². The van der Waals surface area contributed by atoms with Crippen molar-refractivity contribution in [3.8, 4) is 0 Å². The van der Waals surface area contributed by atoms with E-state index in [1.54, 1.807) is 0 Å². The molecule has 0 aromatic heterocycles. The summed E-state index contributed by atoms with van der Waals surface area (Å²) < 4.78 is 4.82. The van der Waals surface area contributed by atoms with Crippen molar-refractivity contribution in [3.63, 3.8) is 0 Å². The van der Waals surface area contributed by atoms with Gasteiger partial charge in [0.15, 0.2) is 0 Å². The molecule has 0 atom stereocenters. The van der Waals surface area contributed by atoms with Gasteiger partial charge >= 0.3 is 159 Å². The van der Waals surface area contributed by atoms with Crippen molar-refractivity contribution in [1.29, 1.82) is 0 Å². The van der Waals surface area contributed by atoms with Gasteiger partial charge in [-0.15, -0.1) is 24.8 Å². The molecular weight excluding hydrogens is 409 g/mol. The maximum Gasteiger partial charge on any atom is -0.147 e. The van der Waals surface area contributed by atoms with Gasteiger partial charge in [-0.05, 0) is 0 Å². The van der Waals surface area contributed by atoms with Crippen LogP contribution in [0.1, 0.15) is 24.5 Å². The van der Waals surface area contributed by atoms with Crippen molar-refractivity contribution in [2.24, 2.45) is 0 Å². The minimum atomic E-state index is -0.295. The van der Waals surface area contributed by atoms with E-state index in [2.05, 4.69) is 89.6 Å².